The third-order valence-electron chi connectivity index (χ3n) is 5.83. The number of allylic oxidation sites excluding steroid dienone is 4. The molecule has 3 nitrogen and oxygen atoms in total. The van der Waals surface area contributed by atoms with Gasteiger partial charge in [0.2, 0.25) is 0 Å². The molecule has 3 heteroatoms. The summed E-state index contributed by atoms with van der Waals surface area (Å²) in [6.45, 7) is 14.1. The lowest BCUT2D eigenvalue weighted by Gasteiger charge is -2.31. The Kier molecular flexibility index (Phi) is 6.08. The van der Waals surface area contributed by atoms with Gasteiger partial charge in [-0.15, -0.1) is 0 Å². The van der Waals surface area contributed by atoms with Crippen LogP contribution >= 0.6 is 0 Å². The zero-order valence-electron chi connectivity index (χ0n) is 16.4. The van der Waals surface area contributed by atoms with Crippen molar-refractivity contribution in [1.82, 2.24) is 0 Å². The molecule has 0 saturated heterocycles. The van der Waals surface area contributed by atoms with Crippen molar-refractivity contribution in [2.75, 3.05) is 0 Å². The first-order chi connectivity index (χ1) is 11.6. The van der Waals surface area contributed by atoms with Crippen molar-refractivity contribution in [2.24, 2.45) is 11.3 Å². The maximum Gasteiger partial charge on any atom is 0.303 e. The Morgan fingerprint density at radius 3 is 2.52 bits per heavy atom. The number of carbonyl (C=O) groups excluding carboxylic acids is 2. The number of Topliss-reactive ketones (excluding diaryl/α,β-unsaturated/α-hetero) is 1. The normalized spacial score (nSPS) is 33.2. The molecule has 0 radical (unpaired) electrons. The molecule has 0 heterocycles. The number of hydrogen-bond donors (Lipinski definition) is 0. The lowest BCUT2D eigenvalue weighted by molar-refractivity contribution is -0.144. The Morgan fingerprint density at radius 2 is 1.92 bits per heavy atom. The average Bonchev–Trinajstić information content (AvgIpc) is 2.76. The lowest BCUT2D eigenvalue weighted by Crippen LogP contribution is -2.23. The van der Waals surface area contributed by atoms with Crippen molar-refractivity contribution in [1.29, 1.82) is 0 Å². The molecular formula is C22H32O3. The van der Waals surface area contributed by atoms with E-state index in [-0.39, 0.29) is 23.4 Å². The Bertz CT molecular complexity index is 634. The van der Waals surface area contributed by atoms with Gasteiger partial charge in [-0.25, -0.2) is 0 Å². The highest BCUT2D eigenvalue weighted by Crippen LogP contribution is 2.51. The summed E-state index contributed by atoms with van der Waals surface area (Å²) in [6, 6.07) is 0. The van der Waals surface area contributed by atoms with Crippen LogP contribution in [0.3, 0.4) is 0 Å². The zero-order valence-corrected chi connectivity index (χ0v) is 16.4. The lowest BCUT2D eigenvalue weighted by atomic mass is 9.72. The highest BCUT2D eigenvalue weighted by Gasteiger charge is 2.46. The van der Waals surface area contributed by atoms with Crippen molar-refractivity contribution >= 4 is 11.8 Å². The first-order valence-electron chi connectivity index (χ1n) is 9.35. The Morgan fingerprint density at radius 1 is 1.24 bits per heavy atom. The molecule has 2 aliphatic rings. The molecule has 3 atom stereocenters. The molecule has 0 bridgehead atoms. The van der Waals surface area contributed by atoms with E-state index in [1.807, 2.05) is 13.8 Å². The molecule has 0 amide bonds. The zero-order chi connectivity index (χ0) is 18.8. The summed E-state index contributed by atoms with van der Waals surface area (Å²) >= 11 is 0. The number of hydrogen-bond acceptors (Lipinski definition) is 3. The molecule has 25 heavy (non-hydrogen) atoms. The van der Waals surface area contributed by atoms with Crippen molar-refractivity contribution in [2.45, 2.75) is 79.2 Å². The first kappa shape index (κ1) is 19.7. The smallest absolute Gasteiger partial charge is 0.303 e. The van der Waals surface area contributed by atoms with E-state index in [0.29, 0.717) is 12.2 Å². The van der Waals surface area contributed by atoms with Crippen LogP contribution in [0.15, 0.2) is 34.9 Å². The largest absolute Gasteiger partial charge is 0.458 e. The highest BCUT2D eigenvalue weighted by atomic mass is 16.5. The van der Waals surface area contributed by atoms with Crippen molar-refractivity contribution in [3.05, 3.63) is 34.9 Å². The van der Waals surface area contributed by atoms with Crippen LogP contribution in [-0.4, -0.2) is 17.9 Å². The molecule has 2 aliphatic carbocycles. The van der Waals surface area contributed by atoms with Gasteiger partial charge in [-0.2, -0.15) is 0 Å². The molecule has 1 saturated carbocycles. The number of carbonyl (C=O) groups is 2. The number of fused-ring (bicyclic) bond motifs is 1. The van der Waals surface area contributed by atoms with Gasteiger partial charge in [0.1, 0.15) is 6.10 Å². The number of ether oxygens (including phenoxy) is 1. The molecule has 0 aromatic heterocycles. The maximum atomic E-state index is 12.7. The van der Waals surface area contributed by atoms with Crippen molar-refractivity contribution in [3.63, 3.8) is 0 Å². The fourth-order valence-corrected chi connectivity index (χ4v) is 4.37. The topological polar surface area (TPSA) is 43.4 Å². The first-order valence-corrected chi connectivity index (χ1v) is 9.35. The summed E-state index contributed by atoms with van der Waals surface area (Å²) in [6.07, 6.45) is 6.98. The summed E-state index contributed by atoms with van der Waals surface area (Å²) in [5, 5.41) is 0. The van der Waals surface area contributed by atoms with Crippen LogP contribution in [0.2, 0.25) is 0 Å². The fourth-order valence-electron chi connectivity index (χ4n) is 4.37. The molecular weight excluding hydrogens is 312 g/mol. The number of esters is 1. The van der Waals surface area contributed by atoms with Crippen molar-refractivity contribution in [3.8, 4) is 0 Å². The minimum absolute atomic E-state index is 0.0213. The van der Waals surface area contributed by atoms with Crippen LogP contribution in [0.4, 0.5) is 0 Å². The van der Waals surface area contributed by atoms with Gasteiger partial charge in [-0.3, -0.25) is 9.59 Å². The molecule has 0 spiro atoms. The van der Waals surface area contributed by atoms with Crippen LogP contribution in [-0.2, 0) is 14.3 Å². The number of rotatable bonds is 1. The van der Waals surface area contributed by atoms with Crippen molar-refractivity contribution < 1.29 is 14.3 Å². The summed E-state index contributed by atoms with van der Waals surface area (Å²) in [7, 11) is 0. The SMILES string of the molecule is C=C1CC[C@H]2C(=C(C)C)C(=O)C[C@]2(C)C/C=C(\C)CC[C@H]1OC(C)=O. The van der Waals surface area contributed by atoms with E-state index < -0.39 is 0 Å². The van der Waals surface area contributed by atoms with Crippen LogP contribution < -0.4 is 0 Å². The molecule has 0 aromatic rings. The Balaban J connectivity index is 2.35. The molecule has 0 aliphatic heterocycles. The summed E-state index contributed by atoms with van der Waals surface area (Å²) in [5.41, 5.74) is 4.40. The standard InChI is InChI=1S/C22H32O3/c1-14(2)21-18-9-8-16(4)20(25-17(5)23)10-7-15(3)11-12-22(18,6)13-19(21)24/h11,18,20H,4,7-10,12-13H2,1-3,5-6H3/b15-11+/t18-,20+,22-/m0/s1. The predicted molar refractivity (Wildman–Crippen MR) is 101 cm³/mol. The second-order valence-corrected chi connectivity index (χ2v) is 8.31. The third-order valence-corrected chi connectivity index (χ3v) is 5.83. The monoisotopic (exact) mass is 344 g/mol. The minimum atomic E-state index is -0.256. The van der Waals surface area contributed by atoms with E-state index >= 15 is 0 Å². The molecule has 2 rings (SSSR count). The third kappa shape index (κ3) is 4.50. The van der Waals surface area contributed by atoms with Gasteiger partial charge >= 0.3 is 5.97 Å². The molecule has 0 aromatic carbocycles. The van der Waals surface area contributed by atoms with Crippen LogP contribution in [0.25, 0.3) is 0 Å². The van der Waals surface area contributed by atoms with Gasteiger partial charge in [0.25, 0.3) is 0 Å². The average molecular weight is 344 g/mol. The summed E-state index contributed by atoms with van der Waals surface area (Å²) in [5.74, 6) is 0.299. The van der Waals surface area contributed by atoms with Crippen LogP contribution in [0.5, 0.6) is 0 Å². The van der Waals surface area contributed by atoms with Gasteiger partial charge in [0.15, 0.2) is 5.78 Å². The van der Waals surface area contributed by atoms with Gasteiger partial charge in [-0.05, 0) is 75.4 Å². The Labute approximate surface area is 152 Å². The highest BCUT2D eigenvalue weighted by molar-refractivity contribution is 5.99. The van der Waals surface area contributed by atoms with Crippen LogP contribution in [0, 0.1) is 11.3 Å². The predicted octanol–water partition coefficient (Wildman–Crippen LogP) is 5.32. The van der Waals surface area contributed by atoms with Gasteiger partial charge < -0.3 is 4.74 Å². The van der Waals surface area contributed by atoms with Gasteiger partial charge in [0.05, 0.1) is 0 Å². The van der Waals surface area contributed by atoms with E-state index in [2.05, 4.69) is 26.5 Å². The van der Waals surface area contributed by atoms with E-state index in [1.54, 1.807) is 0 Å². The maximum absolute atomic E-state index is 12.7. The van der Waals surface area contributed by atoms with Gasteiger partial charge in [0, 0.05) is 13.3 Å². The van der Waals surface area contributed by atoms with E-state index in [1.165, 1.54) is 12.5 Å². The number of ketones is 1. The minimum Gasteiger partial charge on any atom is -0.458 e. The second kappa shape index (κ2) is 7.72. The van der Waals surface area contributed by atoms with E-state index in [9.17, 15) is 9.59 Å². The van der Waals surface area contributed by atoms with Crippen LogP contribution in [0.1, 0.15) is 73.1 Å². The molecule has 0 unspecified atom stereocenters. The van der Waals surface area contributed by atoms with E-state index in [0.717, 1.165) is 48.8 Å². The molecule has 138 valence electrons. The van der Waals surface area contributed by atoms with Gasteiger partial charge in [-0.1, -0.05) is 30.7 Å². The summed E-state index contributed by atoms with van der Waals surface area (Å²) in [4.78, 5) is 24.1. The Hall–Kier alpha value is -1.64. The molecule has 0 N–H and O–H groups in total. The quantitative estimate of drug-likeness (QED) is 0.367. The fraction of sp³-hybridized carbons (Fsp3) is 0.636. The second-order valence-electron chi connectivity index (χ2n) is 8.31. The van der Waals surface area contributed by atoms with E-state index in [4.69, 9.17) is 4.74 Å². The molecule has 1 fully saturated rings. The summed E-state index contributed by atoms with van der Waals surface area (Å²) < 4.78 is 5.51.